The quantitative estimate of drug-likeness (QED) is 0.205. The maximum Gasteiger partial charge on any atom is 0.191 e. The van der Waals surface area contributed by atoms with Crippen LogP contribution in [-0.4, -0.2) is 34.1 Å². The largest absolute Gasteiger partial charge is 0.361 e. The van der Waals surface area contributed by atoms with E-state index >= 15 is 0 Å². The molecule has 4 rings (SSSR count). The summed E-state index contributed by atoms with van der Waals surface area (Å²) in [4.78, 5) is 11.6. The molecular formula is C22H24FIN6. The van der Waals surface area contributed by atoms with Crippen LogP contribution in [0.5, 0.6) is 0 Å². The van der Waals surface area contributed by atoms with Gasteiger partial charge in [0, 0.05) is 49.6 Å². The zero-order valence-electron chi connectivity index (χ0n) is 16.6. The fraction of sp³-hybridized carbons (Fsp3) is 0.182. The van der Waals surface area contributed by atoms with E-state index in [1.165, 1.54) is 6.07 Å². The molecule has 0 aliphatic heterocycles. The molecule has 0 unspecified atom stereocenters. The molecule has 3 N–H and O–H groups in total. The Bertz CT molecular complexity index is 1120. The van der Waals surface area contributed by atoms with Crippen molar-refractivity contribution in [3.63, 3.8) is 0 Å². The second-order valence-corrected chi connectivity index (χ2v) is 6.71. The first-order valence-corrected chi connectivity index (χ1v) is 9.51. The van der Waals surface area contributed by atoms with Gasteiger partial charge in [0.05, 0.1) is 12.0 Å². The first kappa shape index (κ1) is 21.8. The third-order valence-corrected chi connectivity index (χ3v) is 4.86. The summed E-state index contributed by atoms with van der Waals surface area (Å²) in [6.45, 7) is 1.32. The van der Waals surface area contributed by atoms with E-state index in [1.807, 2.05) is 29.1 Å². The third-order valence-electron chi connectivity index (χ3n) is 4.86. The first-order valence-electron chi connectivity index (χ1n) is 9.51. The van der Waals surface area contributed by atoms with Crippen molar-refractivity contribution in [2.45, 2.75) is 13.0 Å². The predicted octanol–water partition coefficient (Wildman–Crippen LogP) is 4.02. The fourth-order valence-corrected chi connectivity index (χ4v) is 3.39. The highest BCUT2D eigenvalue weighted by Crippen LogP contribution is 2.19. The summed E-state index contributed by atoms with van der Waals surface area (Å²) in [6, 6.07) is 13.0. The Labute approximate surface area is 191 Å². The molecule has 0 aliphatic rings. The van der Waals surface area contributed by atoms with Crippen molar-refractivity contribution in [1.82, 2.24) is 25.2 Å². The number of aromatic amines is 1. The molecule has 4 aromatic rings. The Kier molecular flexibility index (Phi) is 7.45. The summed E-state index contributed by atoms with van der Waals surface area (Å²) >= 11 is 0. The van der Waals surface area contributed by atoms with Crippen LogP contribution in [0.2, 0.25) is 0 Å². The van der Waals surface area contributed by atoms with Crippen LogP contribution in [0.4, 0.5) is 4.39 Å². The van der Waals surface area contributed by atoms with Crippen molar-refractivity contribution in [3.8, 4) is 5.69 Å². The molecular weight excluding hydrogens is 494 g/mol. The Morgan fingerprint density at radius 1 is 1.17 bits per heavy atom. The van der Waals surface area contributed by atoms with Crippen LogP contribution in [0.1, 0.15) is 11.1 Å². The maximum absolute atomic E-state index is 13.5. The topological polar surface area (TPSA) is 70.0 Å². The van der Waals surface area contributed by atoms with E-state index in [4.69, 9.17) is 0 Å². The number of para-hydroxylation sites is 1. The highest BCUT2D eigenvalue weighted by atomic mass is 127. The van der Waals surface area contributed by atoms with E-state index in [9.17, 15) is 4.39 Å². The van der Waals surface area contributed by atoms with E-state index in [0.717, 1.165) is 40.1 Å². The van der Waals surface area contributed by atoms with Crippen LogP contribution in [0.25, 0.3) is 16.6 Å². The highest BCUT2D eigenvalue weighted by molar-refractivity contribution is 14.0. The van der Waals surface area contributed by atoms with Crippen molar-refractivity contribution in [2.24, 2.45) is 4.99 Å². The second-order valence-electron chi connectivity index (χ2n) is 6.71. The summed E-state index contributed by atoms with van der Waals surface area (Å²) in [6.07, 6.45) is 8.17. The average Bonchev–Trinajstić information content (AvgIpc) is 3.41. The van der Waals surface area contributed by atoms with Gasteiger partial charge >= 0.3 is 0 Å². The van der Waals surface area contributed by atoms with Crippen LogP contribution < -0.4 is 10.6 Å². The fourth-order valence-electron chi connectivity index (χ4n) is 3.39. The summed E-state index contributed by atoms with van der Waals surface area (Å²) in [5, 5.41) is 7.60. The maximum atomic E-state index is 13.5. The van der Waals surface area contributed by atoms with Gasteiger partial charge in [0.15, 0.2) is 5.96 Å². The van der Waals surface area contributed by atoms with E-state index in [0.29, 0.717) is 13.1 Å². The minimum atomic E-state index is -0.222. The Morgan fingerprint density at radius 2 is 2.03 bits per heavy atom. The van der Waals surface area contributed by atoms with E-state index < -0.39 is 0 Å². The van der Waals surface area contributed by atoms with Crippen LogP contribution in [-0.2, 0) is 13.0 Å². The predicted molar refractivity (Wildman–Crippen MR) is 129 cm³/mol. The van der Waals surface area contributed by atoms with Crippen molar-refractivity contribution in [1.29, 1.82) is 0 Å². The Balaban J connectivity index is 0.00000256. The molecule has 0 saturated carbocycles. The molecule has 0 bridgehead atoms. The number of hydrogen-bond donors (Lipinski definition) is 3. The molecule has 8 heteroatoms. The molecule has 2 aromatic heterocycles. The summed E-state index contributed by atoms with van der Waals surface area (Å²) < 4.78 is 15.5. The number of hydrogen-bond acceptors (Lipinski definition) is 2. The summed E-state index contributed by atoms with van der Waals surface area (Å²) in [5.41, 5.74) is 4.24. The van der Waals surface area contributed by atoms with Crippen LogP contribution in [0.15, 0.2) is 72.4 Å². The molecule has 0 spiro atoms. The molecule has 0 saturated heterocycles. The van der Waals surface area contributed by atoms with Gasteiger partial charge in [-0.15, -0.1) is 24.0 Å². The van der Waals surface area contributed by atoms with E-state index in [-0.39, 0.29) is 29.8 Å². The number of halogens is 2. The number of nitrogens with zero attached hydrogens (tertiary/aromatic N) is 3. The van der Waals surface area contributed by atoms with Gasteiger partial charge < -0.3 is 20.2 Å². The van der Waals surface area contributed by atoms with Crippen molar-refractivity contribution in [2.75, 3.05) is 13.6 Å². The number of fused-ring (bicyclic) bond motifs is 1. The molecule has 0 amide bonds. The normalized spacial score (nSPS) is 11.3. The van der Waals surface area contributed by atoms with Gasteiger partial charge in [0.25, 0.3) is 0 Å². The number of nitrogens with one attached hydrogen (secondary N) is 3. The van der Waals surface area contributed by atoms with Gasteiger partial charge in [-0.25, -0.2) is 9.37 Å². The number of H-pyrrole nitrogens is 1. The molecule has 2 heterocycles. The van der Waals surface area contributed by atoms with Gasteiger partial charge in [-0.2, -0.15) is 0 Å². The van der Waals surface area contributed by atoms with E-state index in [1.54, 1.807) is 31.7 Å². The zero-order chi connectivity index (χ0) is 20.1. The smallest absolute Gasteiger partial charge is 0.191 e. The number of imidazole rings is 1. The first-order chi connectivity index (χ1) is 14.2. The van der Waals surface area contributed by atoms with Gasteiger partial charge in [-0.1, -0.05) is 18.2 Å². The number of aliphatic imine (C=N–C) groups is 1. The highest BCUT2D eigenvalue weighted by Gasteiger charge is 2.07. The minimum Gasteiger partial charge on any atom is -0.361 e. The number of aromatic nitrogens is 3. The third kappa shape index (κ3) is 4.99. The molecule has 0 atom stereocenters. The number of rotatable bonds is 6. The summed E-state index contributed by atoms with van der Waals surface area (Å²) in [7, 11) is 1.75. The van der Waals surface area contributed by atoms with Crippen LogP contribution in [0.3, 0.4) is 0 Å². The molecule has 2 aromatic carbocycles. The van der Waals surface area contributed by atoms with Gasteiger partial charge in [0.2, 0.25) is 0 Å². The molecule has 0 fully saturated rings. The molecule has 0 aliphatic carbocycles. The van der Waals surface area contributed by atoms with Crippen molar-refractivity contribution >= 4 is 40.8 Å². The SMILES string of the molecule is CN=C(NCCc1c[nH]c2ccc(F)cc12)NCc1ccccc1-n1ccnc1.I. The molecule has 0 radical (unpaired) electrons. The van der Waals surface area contributed by atoms with Gasteiger partial charge in [-0.3, -0.25) is 4.99 Å². The number of benzene rings is 2. The Morgan fingerprint density at radius 3 is 2.83 bits per heavy atom. The monoisotopic (exact) mass is 518 g/mol. The Hall–Kier alpha value is -2.88. The van der Waals surface area contributed by atoms with Crippen LogP contribution in [0, 0.1) is 5.82 Å². The standard InChI is InChI=1S/C22H23FN6.HI/c1-24-22(26-9-8-16-13-27-20-7-6-18(23)12-19(16)20)28-14-17-4-2-3-5-21(17)29-11-10-25-15-29;/h2-7,10-13,15,27H,8-9,14H2,1H3,(H2,24,26,28);1H. The molecule has 6 nitrogen and oxygen atoms in total. The van der Waals surface area contributed by atoms with Crippen molar-refractivity contribution in [3.05, 3.63) is 84.3 Å². The minimum absolute atomic E-state index is 0. The van der Waals surface area contributed by atoms with E-state index in [2.05, 4.69) is 37.7 Å². The summed E-state index contributed by atoms with van der Waals surface area (Å²) in [5.74, 6) is 0.497. The molecule has 30 heavy (non-hydrogen) atoms. The lowest BCUT2D eigenvalue weighted by molar-refractivity contribution is 0.629. The second kappa shape index (κ2) is 10.2. The zero-order valence-corrected chi connectivity index (χ0v) is 18.9. The average molecular weight is 518 g/mol. The molecule has 156 valence electrons. The lowest BCUT2D eigenvalue weighted by Gasteiger charge is -2.14. The lowest BCUT2D eigenvalue weighted by atomic mass is 10.1. The number of guanidine groups is 1. The van der Waals surface area contributed by atoms with Gasteiger partial charge in [-0.05, 0) is 41.8 Å². The lowest BCUT2D eigenvalue weighted by Crippen LogP contribution is -2.38. The van der Waals surface area contributed by atoms with Crippen molar-refractivity contribution < 1.29 is 4.39 Å². The van der Waals surface area contributed by atoms with Gasteiger partial charge in [0.1, 0.15) is 5.82 Å². The van der Waals surface area contributed by atoms with Crippen LogP contribution >= 0.6 is 24.0 Å².